The fourth-order valence-corrected chi connectivity index (χ4v) is 1.56. The molecular weight excluding hydrogens is 214 g/mol. The third kappa shape index (κ3) is 2.69. The van der Waals surface area contributed by atoms with Gasteiger partial charge in [-0.1, -0.05) is 12.1 Å². The molecule has 1 aromatic carbocycles. The SMILES string of the molecule is CCOc1cccc(C(=O)c2cccnc2)c1. The molecule has 86 valence electrons. The van der Waals surface area contributed by atoms with E-state index in [4.69, 9.17) is 4.74 Å². The van der Waals surface area contributed by atoms with Gasteiger partial charge in [0.1, 0.15) is 5.75 Å². The number of rotatable bonds is 4. The summed E-state index contributed by atoms with van der Waals surface area (Å²) in [5, 5.41) is 0. The molecule has 0 aliphatic carbocycles. The van der Waals surface area contributed by atoms with Gasteiger partial charge in [-0.05, 0) is 31.2 Å². The summed E-state index contributed by atoms with van der Waals surface area (Å²) in [6, 6.07) is 10.7. The summed E-state index contributed by atoms with van der Waals surface area (Å²) in [7, 11) is 0. The topological polar surface area (TPSA) is 39.2 Å². The molecule has 0 spiro atoms. The van der Waals surface area contributed by atoms with Crippen molar-refractivity contribution in [2.75, 3.05) is 6.61 Å². The fraction of sp³-hybridized carbons (Fsp3) is 0.143. The van der Waals surface area contributed by atoms with Crippen LogP contribution >= 0.6 is 0 Å². The zero-order valence-corrected chi connectivity index (χ0v) is 9.59. The molecule has 17 heavy (non-hydrogen) atoms. The molecular formula is C14H13NO2. The van der Waals surface area contributed by atoms with Crippen molar-refractivity contribution >= 4 is 5.78 Å². The lowest BCUT2D eigenvalue weighted by atomic mass is 10.1. The highest BCUT2D eigenvalue weighted by atomic mass is 16.5. The molecule has 1 aromatic heterocycles. The standard InChI is InChI=1S/C14H13NO2/c1-2-17-13-7-3-5-11(9-13)14(16)12-6-4-8-15-10-12/h3-10H,2H2,1H3. The van der Waals surface area contributed by atoms with E-state index in [1.54, 1.807) is 36.7 Å². The molecule has 0 unspecified atom stereocenters. The van der Waals surface area contributed by atoms with E-state index >= 15 is 0 Å². The van der Waals surface area contributed by atoms with Gasteiger partial charge in [-0.3, -0.25) is 9.78 Å². The Kier molecular flexibility index (Phi) is 3.50. The average molecular weight is 227 g/mol. The van der Waals surface area contributed by atoms with Crippen LogP contribution in [0.25, 0.3) is 0 Å². The number of carbonyl (C=O) groups excluding carboxylic acids is 1. The molecule has 3 heteroatoms. The third-order valence-electron chi connectivity index (χ3n) is 2.33. The summed E-state index contributed by atoms with van der Waals surface area (Å²) >= 11 is 0. The van der Waals surface area contributed by atoms with Gasteiger partial charge < -0.3 is 4.74 Å². The van der Waals surface area contributed by atoms with Crippen LogP contribution in [0.15, 0.2) is 48.8 Å². The number of hydrogen-bond acceptors (Lipinski definition) is 3. The van der Waals surface area contributed by atoms with Crippen molar-refractivity contribution in [2.45, 2.75) is 6.92 Å². The van der Waals surface area contributed by atoms with Gasteiger partial charge in [0.15, 0.2) is 5.78 Å². The van der Waals surface area contributed by atoms with E-state index < -0.39 is 0 Å². The van der Waals surface area contributed by atoms with Crippen LogP contribution in [0.3, 0.4) is 0 Å². The van der Waals surface area contributed by atoms with Crippen LogP contribution in [-0.2, 0) is 0 Å². The lowest BCUT2D eigenvalue weighted by Gasteiger charge is -2.05. The quantitative estimate of drug-likeness (QED) is 0.754. The first-order valence-corrected chi connectivity index (χ1v) is 5.49. The highest BCUT2D eigenvalue weighted by molar-refractivity contribution is 6.08. The van der Waals surface area contributed by atoms with Gasteiger partial charge >= 0.3 is 0 Å². The second-order valence-corrected chi connectivity index (χ2v) is 3.53. The molecule has 0 aliphatic heterocycles. The van der Waals surface area contributed by atoms with Crippen molar-refractivity contribution in [3.8, 4) is 5.75 Å². The van der Waals surface area contributed by atoms with E-state index in [0.29, 0.717) is 23.5 Å². The summed E-state index contributed by atoms with van der Waals surface area (Å²) in [5.41, 5.74) is 1.20. The maximum atomic E-state index is 12.1. The summed E-state index contributed by atoms with van der Waals surface area (Å²) in [4.78, 5) is 16.0. The number of ether oxygens (including phenoxy) is 1. The van der Waals surface area contributed by atoms with Crippen molar-refractivity contribution in [2.24, 2.45) is 0 Å². The van der Waals surface area contributed by atoms with Crippen LogP contribution < -0.4 is 4.74 Å². The zero-order chi connectivity index (χ0) is 12.1. The number of nitrogens with zero attached hydrogens (tertiary/aromatic N) is 1. The molecule has 0 saturated heterocycles. The third-order valence-corrected chi connectivity index (χ3v) is 2.33. The van der Waals surface area contributed by atoms with Gasteiger partial charge in [0, 0.05) is 23.5 Å². The Morgan fingerprint density at radius 3 is 2.76 bits per heavy atom. The monoisotopic (exact) mass is 227 g/mol. The van der Waals surface area contributed by atoms with Crippen LogP contribution in [0.5, 0.6) is 5.75 Å². The molecule has 0 atom stereocenters. The van der Waals surface area contributed by atoms with Crippen LogP contribution in [-0.4, -0.2) is 17.4 Å². The Bertz CT molecular complexity index is 509. The number of benzene rings is 1. The number of ketones is 1. The van der Waals surface area contributed by atoms with Gasteiger partial charge in [0.05, 0.1) is 6.61 Å². The van der Waals surface area contributed by atoms with Crippen molar-refractivity contribution in [3.63, 3.8) is 0 Å². The van der Waals surface area contributed by atoms with Gasteiger partial charge in [-0.2, -0.15) is 0 Å². The molecule has 2 rings (SSSR count). The molecule has 0 saturated carbocycles. The minimum Gasteiger partial charge on any atom is -0.494 e. The number of aromatic nitrogens is 1. The summed E-state index contributed by atoms with van der Waals surface area (Å²) in [6.07, 6.45) is 3.21. The van der Waals surface area contributed by atoms with E-state index in [1.165, 1.54) is 0 Å². The predicted octanol–water partition coefficient (Wildman–Crippen LogP) is 2.71. The first-order chi connectivity index (χ1) is 8.31. The molecule has 3 nitrogen and oxygen atoms in total. The number of pyridine rings is 1. The second kappa shape index (κ2) is 5.25. The molecule has 0 radical (unpaired) electrons. The van der Waals surface area contributed by atoms with Crippen molar-refractivity contribution in [3.05, 3.63) is 59.9 Å². The molecule has 0 fully saturated rings. The maximum Gasteiger partial charge on any atom is 0.194 e. The Hall–Kier alpha value is -2.16. The highest BCUT2D eigenvalue weighted by Crippen LogP contribution is 2.16. The van der Waals surface area contributed by atoms with Crippen molar-refractivity contribution < 1.29 is 9.53 Å². The average Bonchev–Trinajstić information content (AvgIpc) is 2.40. The van der Waals surface area contributed by atoms with Gasteiger partial charge in [-0.25, -0.2) is 0 Å². The minimum absolute atomic E-state index is 0.0420. The van der Waals surface area contributed by atoms with E-state index in [0.717, 1.165) is 0 Å². The predicted molar refractivity (Wildman–Crippen MR) is 65.3 cm³/mol. The lowest BCUT2D eigenvalue weighted by Crippen LogP contribution is -2.02. The van der Waals surface area contributed by atoms with E-state index in [1.807, 2.05) is 19.1 Å². The van der Waals surface area contributed by atoms with E-state index in [9.17, 15) is 4.79 Å². The Morgan fingerprint density at radius 1 is 1.24 bits per heavy atom. The largest absolute Gasteiger partial charge is 0.494 e. The van der Waals surface area contributed by atoms with Gasteiger partial charge in [-0.15, -0.1) is 0 Å². The molecule has 1 heterocycles. The summed E-state index contributed by atoms with van der Waals surface area (Å²) in [5.74, 6) is 0.668. The zero-order valence-electron chi connectivity index (χ0n) is 9.59. The molecule has 0 aliphatic rings. The molecule has 0 bridgehead atoms. The van der Waals surface area contributed by atoms with Crippen LogP contribution in [0.1, 0.15) is 22.8 Å². The summed E-state index contributed by atoms with van der Waals surface area (Å²) < 4.78 is 5.36. The number of hydrogen-bond donors (Lipinski definition) is 0. The van der Waals surface area contributed by atoms with Crippen LogP contribution in [0.2, 0.25) is 0 Å². The van der Waals surface area contributed by atoms with Crippen LogP contribution in [0, 0.1) is 0 Å². The van der Waals surface area contributed by atoms with Gasteiger partial charge in [0.25, 0.3) is 0 Å². The molecule has 2 aromatic rings. The number of carbonyl (C=O) groups is 1. The highest BCUT2D eigenvalue weighted by Gasteiger charge is 2.09. The summed E-state index contributed by atoms with van der Waals surface area (Å²) in [6.45, 7) is 2.50. The van der Waals surface area contributed by atoms with E-state index in [2.05, 4.69) is 4.98 Å². The molecule has 0 amide bonds. The first-order valence-electron chi connectivity index (χ1n) is 5.49. The second-order valence-electron chi connectivity index (χ2n) is 3.53. The van der Waals surface area contributed by atoms with E-state index in [-0.39, 0.29) is 5.78 Å². The Balaban J connectivity index is 2.28. The van der Waals surface area contributed by atoms with Crippen LogP contribution in [0.4, 0.5) is 0 Å². The minimum atomic E-state index is -0.0420. The smallest absolute Gasteiger partial charge is 0.194 e. The first kappa shape index (κ1) is 11.3. The maximum absolute atomic E-state index is 12.1. The molecule has 0 N–H and O–H groups in total. The Labute approximate surface area is 100 Å². The fourth-order valence-electron chi connectivity index (χ4n) is 1.56. The normalized spacial score (nSPS) is 9.94. The van der Waals surface area contributed by atoms with Crippen molar-refractivity contribution in [1.29, 1.82) is 0 Å². The van der Waals surface area contributed by atoms with Gasteiger partial charge in [0.2, 0.25) is 0 Å². The van der Waals surface area contributed by atoms with Crippen molar-refractivity contribution in [1.82, 2.24) is 4.98 Å². The Morgan fingerprint density at radius 2 is 2.06 bits per heavy atom. The lowest BCUT2D eigenvalue weighted by molar-refractivity contribution is 0.103.